The van der Waals surface area contributed by atoms with E-state index in [1.807, 2.05) is 26.0 Å². The first-order valence-corrected chi connectivity index (χ1v) is 12.4. The molecule has 1 heterocycles. The molecule has 0 aliphatic carbocycles. The second kappa shape index (κ2) is 9.06. The standard InChI is InChI=1S/C22H25ClN2O3S2/c1-5-25(6-2)21(26)17-9-7-8-16(12-17)14-24(4)30(27,28)22-15(3)19-13-18(23)10-11-20(19)29-22/h7-13H,5-6,14H2,1-4H3. The molecule has 1 amide bonds. The summed E-state index contributed by atoms with van der Waals surface area (Å²) in [6.45, 7) is 7.11. The maximum absolute atomic E-state index is 13.3. The highest BCUT2D eigenvalue weighted by atomic mass is 35.5. The van der Waals surface area contributed by atoms with Gasteiger partial charge in [0, 0.05) is 42.0 Å². The van der Waals surface area contributed by atoms with Crippen molar-refractivity contribution in [1.82, 2.24) is 9.21 Å². The first-order valence-electron chi connectivity index (χ1n) is 9.72. The molecule has 0 saturated heterocycles. The number of nitrogens with zero attached hydrogens (tertiary/aromatic N) is 2. The highest BCUT2D eigenvalue weighted by Gasteiger charge is 2.27. The molecule has 3 aromatic rings. The summed E-state index contributed by atoms with van der Waals surface area (Å²) in [5, 5.41) is 1.43. The number of aryl methyl sites for hydroxylation is 1. The summed E-state index contributed by atoms with van der Waals surface area (Å²) in [5.74, 6) is -0.0513. The van der Waals surface area contributed by atoms with E-state index in [2.05, 4.69) is 0 Å². The molecule has 5 nitrogen and oxygen atoms in total. The number of sulfonamides is 1. The topological polar surface area (TPSA) is 57.7 Å². The monoisotopic (exact) mass is 464 g/mol. The van der Waals surface area contributed by atoms with Crippen LogP contribution in [0.5, 0.6) is 0 Å². The van der Waals surface area contributed by atoms with Crippen molar-refractivity contribution in [3.8, 4) is 0 Å². The summed E-state index contributed by atoms with van der Waals surface area (Å²) >= 11 is 7.33. The first-order chi connectivity index (χ1) is 14.2. The van der Waals surface area contributed by atoms with E-state index in [-0.39, 0.29) is 12.5 Å². The number of halogens is 1. The number of hydrogen-bond donors (Lipinski definition) is 0. The molecule has 1 aromatic heterocycles. The maximum atomic E-state index is 13.3. The lowest BCUT2D eigenvalue weighted by Gasteiger charge is -2.20. The number of thiophene rings is 1. The Morgan fingerprint density at radius 2 is 1.80 bits per heavy atom. The molecule has 0 aliphatic rings. The summed E-state index contributed by atoms with van der Waals surface area (Å²) in [7, 11) is -2.13. The average molecular weight is 465 g/mol. The molecule has 0 atom stereocenters. The van der Waals surface area contributed by atoms with Crippen LogP contribution in [0.1, 0.15) is 35.3 Å². The Morgan fingerprint density at radius 3 is 2.47 bits per heavy atom. The Balaban J connectivity index is 1.89. The van der Waals surface area contributed by atoms with Crippen LogP contribution >= 0.6 is 22.9 Å². The van der Waals surface area contributed by atoms with Crippen LogP contribution in [0.3, 0.4) is 0 Å². The Hall–Kier alpha value is -1.93. The van der Waals surface area contributed by atoms with Crippen molar-refractivity contribution in [2.24, 2.45) is 0 Å². The first kappa shape index (κ1) is 22.7. The Bertz CT molecular complexity index is 1180. The molecular weight excluding hydrogens is 440 g/mol. The maximum Gasteiger partial charge on any atom is 0.253 e. The second-order valence-electron chi connectivity index (χ2n) is 7.09. The molecular formula is C22H25ClN2O3S2. The van der Waals surface area contributed by atoms with Gasteiger partial charge in [0.1, 0.15) is 4.21 Å². The molecule has 3 rings (SSSR count). The van der Waals surface area contributed by atoms with E-state index in [1.165, 1.54) is 15.6 Å². The van der Waals surface area contributed by atoms with E-state index in [9.17, 15) is 13.2 Å². The number of fused-ring (bicyclic) bond motifs is 1. The van der Waals surface area contributed by atoms with Gasteiger partial charge in [-0.15, -0.1) is 11.3 Å². The smallest absolute Gasteiger partial charge is 0.253 e. The summed E-state index contributed by atoms with van der Waals surface area (Å²) in [6, 6.07) is 12.6. The van der Waals surface area contributed by atoms with Crippen molar-refractivity contribution >= 4 is 49.0 Å². The zero-order valence-electron chi connectivity index (χ0n) is 17.5. The summed E-state index contributed by atoms with van der Waals surface area (Å²) < 4.78 is 29.0. The molecule has 2 aromatic carbocycles. The van der Waals surface area contributed by atoms with Crippen molar-refractivity contribution in [2.75, 3.05) is 20.1 Å². The fourth-order valence-electron chi connectivity index (χ4n) is 3.40. The molecule has 0 spiro atoms. The van der Waals surface area contributed by atoms with Crippen molar-refractivity contribution in [1.29, 1.82) is 0 Å². The van der Waals surface area contributed by atoms with Gasteiger partial charge in [0.15, 0.2) is 0 Å². The fraction of sp³-hybridized carbons (Fsp3) is 0.318. The van der Waals surface area contributed by atoms with E-state index in [1.54, 1.807) is 49.2 Å². The fourth-order valence-corrected chi connectivity index (χ4v) is 6.66. The summed E-state index contributed by atoms with van der Waals surface area (Å²) in [6.07, 6.45) is 0. The molecule has 0 bridgehead atoms. The summed E-state index contributed by atoms with van der Waals surface area (Å²) in [5.41, 5.74) is 2.03. The molecule has 160 valence electrons. The van der Waals surface area contributed by atoms with E-state index in [0.717, 1.165) is 15.6 Å². The lowest BCUT2D eigenvalue weighted by atomic mass is 10.1. The third-order valence-electron chi connectivity index (χ3n) is 5.13. The van der Waals surface area contributed by atoms with Crippen molar-refractivity contribution in [3.63, 3.8) is 0 Å². The predicted molar refractivity (Wildman–Crippen MR) is 124 cm³/mol. The molecule has 0 unspecified atom stereocenters. The van der Waals surface area contributed by atoms with Crippen molar-refractivity contribution < 1.29 is 13.2 Å². The van der Waals surface area contributed by atoms with Crippen LogP contribution in [0.2, 0.25) is 5.02 Å². The van der Waals surface area contributed by atoms with Crippen molar-refractivity contribution in [3.05, 3.63) is 64.2 Å². The number of hydrogen-bond acceptors (Lipinski definition) is 4. The minimum Gasteiger partial charge on any atom is -0.339 e. The van der Waals surface area contributed by atoms with Gasteiger partial charge in [0.25, 0.3) is 15.9 Å². The minimum absolute atomic E-state index is 0.0513. The Labute approximate surface area is 186 Å². The predicted octanol–water partition coefficient (Wildman–Crippen LogP) is 5.17. The SMILES string of the molecule is CCN(CC)C(=O)c1cccc(CN(C)S(=O)(=O)c2sc3ccc(Cl)cc3c2C)c1. The highest BCUT2D eigenvalue weighted by molar-refractivity contribution is 7.91. The lowest BCUT2D eigenvalue weighted by Crippen LogP contribution is -2.30. The number of benzene rings is 2. The van der Waals surface area contributed by atoms with E-state index in [4.69, 9.17) is 11.6 Å². The van der Waals surface area contributed by atoms with Gasteiger partial charge in [-0.25, -0.2) is 8.42 Å². The molecule has 30 heavy (non-hydrogen) atoms. The van der Waals surface area contributed by atoms with E-state index >= 15 is 0 Å². The second-order valence-corrected chi connectivity index (χ2v) is 10.8. The van der Waals surface area contributed by atoms with Crippen LogP contribution in [-0.2, 0) is 16.6 Å². The van der Waals surface area contributed by atoms with E-state index < -0.39 is 10.0 Å². The Morgan fingerprint density at radius 1 is 1.10 bits per heavy atom. The summed E-state index contributed by atoms with van der Waals surface area (Å²) in [4.78, 5) is 14.4. The normalized spacial score (nSPS) is 11.9. The average Bonchev–Trinajstić information content (AvgIpc) is 3.05. The number of amides is 1. The van der Waals surface area contributed by atoms with Crippen LogP contribution in [0.4, 0.5) is 0 Å². The third kappa shape index (κ3) is 4.39. The third-order valence-corrected chi connectivity index (χ3v) is 9.04. The zero-order chi connectivity index (χ0) is 22.1. The quantitative estimate of drug-likeness (QED) is 0.485. The Kier molecular flexibility index (Phi) is 6.87. The largest absolute Gasteiger partial charge is 0.339 e. The molecule has 0 saturated carbocycles. The molecule has 0 fully saturated rings. The lowest BCUT2D eigenvalue weighted by molar-refractivity contribution is 0.0773. The van der Waals surface area contributed by atoms with Gasteiger partial charge in [0.2, 0.25) is 0 Å². The zero-order valence-corrected chi connectivity index (χ0v) is 19.9. The van der Waals surface area contributed by atoms with Gasteiger partial charge < -0.3 is 4.90 Å². The van der Waals surface area contributed by atoms with E-state index in [0.29, 0.717) is 33.4 Å². The van der Waals surface area contributed by atoms with Crippen molar-refractivity contribution in [2.45, 2.75) is 31.5 Å². The van der Waals surface area contributed by atoms with Gasteiger partial charge in [-0.3, -0.25) is 4.79 Å². The van der Waals surface area contributed by atoms with Gasteiger partial charge >= 0.3 is 0 Å². The number of rotatable bonds is 7. The highest BCUT2D eigenvalue weighted by Crippen LogP contribution is 2.37. The van der Waals surface area contributed by atoms with Gasteiger partial charge in [-0.1, -0.05) is 23.7 Å². The number of carbonyl (C=O) groups is 1. The van der Waals surface area contributed by atoms with Crippen LogP contribution in [0.25, 0.3) is 10.1 Å². The molecule has 0 N–H and O–H groups in total. The van der Waals surface area contributed by atoms with Gasteiger partial charge in [-0.05, 0) is 67.6 Å². The molecule has 0 aliphatic heterocycles. The van der Waals surface area contributed by atoms with Crippen LogP contribution in [0, 0.1) is 6.92 Å². The van der Waals surface area contributed by atoms with Gasteiger partial charge in [0.05, 0.1) is 0 Å². The number of carbonyl (C=O) groups excluding carboxylic acids is 1. The van der Waals surface area contributed by atoms with Gasteiger partial charge in [-0.2, -0.15) is 4.31 Å². The van der Waals surface area contributed by atoms with Crippen LogP contribution in [0.15, 0.2) is 46.7 Å². The van der Waals surface area contributed by atoms with Crippen LogP contribution < -0.4 is 0 Å². The molecule has 0 radical (unpaired) electrons. The van der Waals surface area contributed by atoms with Crippen LogP contribution in [-0.4, -0.2) is 43.7 Å². The molecule has 8 heteroatoms. The minimum atomic E-state index is -3.69.